The minimum absolute atomic E-state index is 0.0691. The fourth-order valence-corrected chi connectivity index (χ4v) is 3.89. The van der Waals surface area contributed by atoms with Crippen molar-refractivity contribution in [2.24, 2.45) is 0 Å². The van der Waals surface area contributed by atoms with Crippen LogP contribution in [0.3, 0.4) is 0 Å². The van der Waals surface area contributed by atoms with E-state index >= 15 is 0 Å². The van der Waals surface area contributed by atoms with Crippen molar-refractivity contribution in [3.05, 3.63) is 64.5 Å². The van der Waals surface area contributed by atoms with Crippen LogP contribution in [0.5, 0.6) is 5.75 Å². The van der Waals surface area contributed by atoms with Crippen molar-refractivity contribution >= 4 is 26.0 Å². The lowest BCUT2D eigenvalue weighted by molar-refractivity contribution is 0.340. The van der Waals surface area contributed by atoms with Crippen LogP contribution in [0.15, 0.2) is 57.5 Å². The maximum Gasteiger partial charge on any atom is 0.242 e. The first-order valence-corrected chi connectivity index (χ1v) is 10.7. The van der Waals surface area contributed by atoms with Crippen molar-refractivity contribution in [3.63, 3.8) is 0 Å². The summed E-state index contributed by atoms with van der Waals surface area (Å²) in [5.41, 5.74) is 1.43. The van der Waals surface area contributed by atoms with E-state index in [0.29, 0.717) is 18.0 Å². The minimum Gasteiger partial charge on any atom is -0.494 e. The Morgan fingerprint density at radius 3 is 2.67 bits per heavy atom. The van der Waals surface area contributed by atoms with Crippen molar-refractivity contribution in [2.75, 3.05) is 6.61 Å². The van der Waals surface area contributed by atoms with E-state index in [9.17, 15) is 8.42 Å². The van der Waals surface area contributed by atoms with Crippen LogP contribution in [-0.4, -0.2) is 25.2 Å². The van der Waals surface area contributed by atoms with Crippen LogP contribution in [0, 0.1) is 0 Å². The van der Waals surface area contributed by atoms with E-state index in [2.05, 4.69) is 30.8 Å². The first-order valence-electron chi connectivity index (χ1n) is 8.23. The Hall–Kier alpha value is -2.23. The van der Waals surface area contributed by atoms with Gasteiger partial charge in [0.15, 0.2) is 0 Å². The summed E-state index contributed by atoms with van der Waals surface area (Å²) in [5.74, 6) is 1.20. The number of aromatic nitrogens is 2. The lowest BCUT2D eigenvalue weighted by Gasteiger charge is -2.05. The Labute approximate surface area is 165 Å². The number of nitrogens with zero attached hydrogens (tertiary/aromatic N) is 2. The topological polar surface area (TPSA) is 94.3 Å². The smallest absolute Gasteiger partial charge is 0.242 e. The van der Waals surface area contributed by atoms with E-state index in [0.717, 1.165) is 15.8 Å². The van der Waals surface area contributed by atoms with E-state index in [4.69, 9.17) is 9.26 Å². The molecule has 3 aromatic rings. The quantitative estimate of drug-likeness (QED) is 0.562. The van der Waals surface area contributed by atoms with Crippen LogP contribution < -0.4 is 9.46 Å². The normalized spacial score (nSPS) is 11.5. The highest BCUT2D eigenvalue weighted by Crippen LogP contribution is 2.20. The molecule has 0 radical (unpaired) electrons. The molecule has 1 N–H and O–H groups in total. The van der Waals surface area contributed by atoms with Crippen molar-refractivity contribution < 1.29 is 17.7 Å². The zero-order valence-corrected chi connectivity index (χ0v) is 17.0. The molecule has 2 aromatic carbocycles. The van der Waals surface area contributed by atoms with E-state index in [-0.39, 0.29) is 18.2 Å². The number of halogens is 1. The van der Waals surface area contributed by atoms with Gasteiger partial charge in [-0.2, -0.15) is 4.98 Å². The molecule has 3 rings (SSSR count). The van der Waals surface area contributed by atoms with Crippen molar-refractivity contribution in [1.82, 2.24) is 14.9 Å². The summed E-state index contributed by atoms with van der Waals surface area (Å²) in [5, 5.41) is 3.89. The molecule has 0 aliphatic rings. The molecular weight excluding hydrogens is 434 g/mol. The Morgan fingerprint density at radius 1 is 1.19 bits per heavy atom. The van der Waals surface area contributed by atoms with Gasteiger partial charge in [0.1, 0.15) is 5.75 Å². The van der Waals surface area contributed by atoms with Crippen molar-refractivity contribution in [2.45, 2.75) is 19.2 Å². The number of hydrogen-bond donors (Lipinski definition) is 1. The highest BCUT2D eigenvalue weighted by atomic mass is 79.9. The number of benzene rings is 2. The molecule has 0 aliphatic heterocycles. The maximum absolute atomic E-state index is 12.2. The van der Waals surface area contributed by atoms with Crippen molar-refractivity contribution in [1.29, 1.82) is 0 Å². The zero-order chi connectivity index (χ0) is 19.3. The van der Waals surface area contributed by atoms with Gasteiger partial charge in [-0.25, -0.2) is 13.1 Å². The Morgan fingerprint density at radius 2 is 1.96 bits per heavy atom. The third kappa shape index (κ3) is 5.62. The predicted molar refractivity (Wildman–Crippen MR) is 105 cm³/mol. The lowest BCUT2D eigenvalue weighted by atomic mass is 10.2. The fraction of sp³-hybridized carbons (Fsp3) is 0.222. The van der Waals surface area contributed by atoms with Crippen LogP contribution in [-0.2, 0) is 22.3 Å². The van der Waals surface area contributed by atoms with Crippen LogP contribution in [0.1, 0.15) is 18.4 Å². The summed E-state index contributed by atoms with van der Waals surface area (Å²) in [7, 11) is -3.53. The van der Waals surface area contributed by atoms with Gasteiger partial charge in [0, 0.05) is 10.0 Å². The van der Waals surface area contributed by atoms with Crippen LogP contribution >= 0.6 is 15.9 Å². The Bertz CT molecular complexity index is 1000. The van der Waals surface area contributed by atoms with Gasteiger partial charge < -0.3 is 9.26 Å². The third-order valence-electron chi connectivity index (χ3n) is 3.58. The van der Waals surface area contributed by atoms with Gasteiger partial charge in [0.2, 0.25) is 21.7 Å². The molecule has 27 heavy (non-hydrogen) atoms. The summed E-state index contributed by atoms with van der Waals surface area (Å²) in [6.45, 7) is 2.43. The van der Waals surface area contributed by atoms with Gasteiger partial charge in [-0.1, -0.05) is 33.2 Å². The second-order valence-corrected chi connectivity index (χ2v) is 8.40. The summed E-state index contributed by atoms with van der Waals surface area (Å²) in [6.07, 6.45) is 0. The molecule has 0 amide bonds. The second-order valence-electron chi connectivity index (χ2n) is 5.68. The molecule has 0 atom stereocenters. The summed E-state index contributed by atoms with van der Waals surface area (Å²) in [6, 6.07) is 14.4. The van der Waals surface area contributed by atoms with Crippen molar-refractivity contribution in [3.8, 4) is 17.1 Å². The first-order chi connectivity index (χ1) is 12.9. The predicted octanol–water partition coefficient (Wildman–Crippen LogP) is 3.52. The molecule has 0 saturated heterocycles. The van der Waals surface area contributed by atoms with E-state index in [1.807, 2.05) is 37.3 Å². The molecule has 0 fully saturated rings. The molecule has 7 nitrogen and oxygen atoms in total. The SMILES string of the molecule is CCOc1ccc(-c2noc(CNS(=O)(=O)Cc3cccc(Br)c3)n2)cc1. The van der Waals surface area contributed by atoms with Crippen LogP contribution in [0.2, 0.25) is 0 Å². The highest BCUT2D eigenvalue weighted by Gasteiger charge is 2.15. The highest BCUT2D eigenvalue weighted by molar-refractivity contribution is 9.10. The summed E-state index contributed by atoms with van der Waals surface area (Å²) < 4.78 is 38.3. The monoisotopic (exact) mass is 451 g/mol. The van der Waals surface area contributed by atoms with Gasteiger partial charge in [0.25, 0.3) is 0 Å². The second kappa shape index (κ2) is 8.64. The van der Waals surface area contributed by atoms with E-state index in [1.165, 1.54) is 0 Å². The maximum atomic E-state index is 12.2. The van der Waals surface area contributed by atoms with Crippen LogP contribution in [0.25, 0.3) is 11.4 Å². The molecular formula is C18H18BrN3O4S. The molecule has 9 heteroatoms. The molecule has 0 aliphatic carbocycles. The molecule has 1 heterocycles. The number of ether oxygens (including phenoxy) is 1. The number of nitrogens with one attached hydrogen (secondary N) is 1. The molecule has 0 saturated carbocycles. The standard InChI is InChI=1S/C18H18BrN3O4S/c1-2-25-16-8-6-14(7-9-16)18-21-17(26-22-18)11-20-27(23,24)12-13-4-3-5-15(19)10-13/h3-10,20H,2,11-12H2,1H3. The minimum atomic E-state index is -3.53. The van der Waals surface area contributed by atoms with E-state index < -0.39 is 10.0 Å². The van der Waals surface area contributed by atoms with Gasteiger partial charge in [-0.3, -0.25) is 0 Å². The molecule has 142 valence electrons. The first kappa shape index (κ1) is 19.5. The van der Waals surface area contributed by atoms with E-state index in [1.54, 1.807) is 18.2 Å². The number of sulfonamides is 1. The zero-order valence-electron chi connectivity index (χ0n) is 14.6. The Kier molecular flexibility index (Phi) is 6.25. The average Bonchev–Trinajstić information content (AvgIpc) is 3.10. The van der Waals surface area contributed by atoms with Gasteiger partial charge in [-0.05, 0) is 48.9 Å². The van der Waals surface area contributed by atoms with Crippen LogP contribution in [0.4, 0.5) is 0 Å². The number of hydrogen-bond acceptors (Lipinski definition) is 6. The average molecular weight is 452 g/mol. The Balaban J connectivity index is 1.61. The number of rotatable bonds is 8. The molecule has 0 bridgehead atoms. The summed E-state index contributed by atoms with van der Waals surface area (Å²) >= 11 is 3.33. The third-order valence-corrected chi connectivity index (χ3v) is 5.37. The fourth-order valence-electron chi connectivity index (χ4n) is 2.38. The summed E-state index contributed by atoms with van der Waals surface area (Å²) in [4.78, 5) is 4.23. The van der Waals surface area contributed by atoms with Gasteiger partial charge in [0.05, 0.1) is 18.9 Å². The largest absolute Gasteiger partial charge is 0.494 e. The molecule has 0 unspecified atom stereocenters. The van der Waals surface area contributed by atoms with Gasteiger partial charge in [-0.15, -0.1) is 0 Å². The molecule has 0 spiro atoms. The molecule has 1 aromatic heterocycles. The lowest BCUT2D eigenvalue weighted by Crippen LogP contribution is -2.24. The van der Waals surface area contributed by atoms with Gasteiger partial charge >= 0.3 is 0 Å².